The number of benzene rings is 1. The van der Waals surface area contributed by atoms with Gasteiger partial charge in [0.05, 0.1) is 11.9 Å². The molecule has 2 heterocycles. The van der Waals surface area contributed by atoms with Crippen LogP contribution in [0, 0.1) is 5.95 Å². The summed E-state index contributed by atoms with van der Waals surface area (Å²) in [6.45, 7) is 4.01. The van der Waals surface area contributed by atoms with Crippen molar-refractivity contribution < 1.29 is 4.39 Å². The second-order valence-corrected chi connectivity index (χ2v) is 5.47. The van der Waals surface area contributed by atoms with Gasteiger partial charge in [-0.3, -0.25) is 0 Å². The Morgan fingerprint density at radius 1 is 0.917 bits per heavy atom. The van der Waals surface area contributed by atoms with E-state index in [1.165, 1.54) is 12.3 Å². The summed E-state index contributed by atoms with van der Waals surface area (Å²) < 4.78 is 12.9. The molecule has 1 aromatic carbocycles. The summed E-state index contributed by atoms with van der Waals surface area (Å²) in [4.78, 5) is 16.8. The Kier molecular flexibility index (Phi) is 4.60. The first-order valence-corrected chi connectivity index (χ1v) is 7.57. The van der Waals surface area contributed by atoms with Gasteiger partial charge in [0.25, 0.3) is 0 Å². The molecule has 7 heteroatoms. The third-order valence-electron chi connectivity index (χ3n) is 3.07. The number of pyridine rings is 1. The molecule has 0 saturated carbocycles. The lowest BCUT2D eigenvalue weighted by atomic mass is 10.2. The summed E-state index contributed by atoms with van der Waals surface area (Å²) in [5, 5.41) is 6.20. The van der Waals surface area contributed by atoms with Crippen molar-refractivity contribution in [3.63, 3.8) is 0 Å². The molecule has 6 nitrogen and oxygen atoms in total. The van der Waals surface area contributed by atoms with E-state index in [1.807, 2.05) is 44.2 Å². The van der Waals surface area contributed by atoms with Crippen molar-refractivity contribution in [1.82, 2.24) is 19.9 Å². The van der Waals surface area contributed by atoms with Crippen LogP contribution in [0.2, 0.25) is 0 Å². The maximum atomic E-state index is 12.9. The van der Waals surface area contributed by atoms with Crippen molar-refractivity contribution in [3.8, 4) is 11.4 Å². The quantitative estimate of drug-likeness (QED) is 0.698. The van der Waals surface area contributed by atoms with Gasteiger partial charge in [-0.1, -0.05) is 30.3 Å². The van der Waals surface area contributed by atoms with Crippen LogP contribution in [-0.4, -0.2) is 26.0 Å². The summed E-state index contributed by atoms with van der Waals surface area (Å²) in [5.74, 6) is 0.839. The van der Waals surface area contributed by atoms with E-state index in [0.717, 1.165) is 5.56 Å². The molecule has 0 unspecified atom stereocenters. The Morgan fingerprint density at radius 2 is 1.67 bits per heavy atom. The van der Waals surface area contributed by atoms with E-state index in [0.29, 0.717) is 23.4 Å². The van der Waals surface area contributed by atoms with Gasteiger partial charge in [0.2, 0.25) is 17.8 Å². The molecule has 0 aliphatic heterocycles. The predicted octanol–water partition coefficient (Wildman–Crippen LogP) is 3.64. The van der Waals surface area contributed by atoms with Gasteiger partial charge in [-0.2, -0.15) is 19.3 Å². The van der Waals surface area contributed by atoms with Crippen molar-refractivity contribution in [1.29, 1.82) is 0 Å². The minimum absolute atomic E-state index is 0.177. The fourth-order valence-corrected chi connectivity index (χ4v) is 2.05. The number of hydrogen-bond acceptors (Lipinski definition) is 6. The number of aromatic nitrogens is 4. The average Bonchev–Trinajstić information content (AvgIpc) is 2.57. The molecule has 0 amide bonds. The Hall–Kier alpha value is -3.09. The van der Waals surface area contributed by atoms with E-state index in [9.17, 15) is 4.39 Å². The SMILES string of the molecule is CC(C)Nc1nc(Nc2ccc(F)nc2)nc(-c2ccccc2)n1. The van der Waals surface area contributed by atoms with Crippen LogP contribution in [-0.2, 0) is 0 Å². The lowest BCUT2D eigenvalue weighted by molar-refractivity contribution is 0.584. The summed E-state index contributed by atoms with van der Waals surface area (Å²) in [7, 11) is 0. The highest BCUT2D eigenvalue weighted by Gasteiger charge is 2.10. The second kappa shape index (κ2) is 6.99. The van der Waals surface area contributed by atoms with Crippen molar-refractivity contribution >= 4 is 17.6 Å². The molecule has 3 aromatic rings. The topological polar surface area (TPSA) is 75.6 Å². The predicted molar refractivity (Wildman–Crippen MR) is 91.5 cm³/mol. The van der Waals surface area contributed by atoms with E-state index in [2.05, 4.69) is 30.6 Å². The number of nitrogens with one attached hydrogen (secondary N) is 2. The number of halogens is 1. The molecule has 2 aromatic heterocycles. The average molecular weight is 324 g/mol. The molecule has 0 aliphatic rings. The molecule has 0 fully saturated rings. The lowest BCUT2D eigenvalue weighted by Crippen LogP contribution is -2.14. The highest BCUT2D eigenvalue weighted by Crippen LogP contribution is 2.20. The summed E-state index contributed by atoms with van der Waals surface area (Å²) in [6.07, 6.45) is 1.39. The van der Waals surface area contributed by atoms with Gasteiger partial charge < -0.3 is 10.6 Å². The first kappa shape index (κ1) is 15.8. The molecule has 0 atom stereocenters. The van der Waals surface area contributed by atoms with Crippen LogP contribution in [0.5, 0.6) is 0 Å². The molecule has 2 N–H and O–H groups in total. The zero-order valence-electron chi connectivity index (χ0n) is 13.4. The molecule has 3 rings (SSSR count). The van der Waals surface area contributed by atoms with Gasteiger partial charge in [0.1, 0.15) is 0 Å². The van der Waals surface area contributed by atoms with Gasteiger partial charge in [-0.05, 0) is 26.0 Å². The zero-order chi connectivity index (χ0) is 16.9. The molecular weight excluding hydrogens is 307 g/mol. The fraction of sp³-hybridized carbons (Fsp3) is 0.176. The minimum atomic E-state index is -0.539. The normalized spacial score (nSPS) is 10.7. The maximum absolute atomic E-state index is 12.9. The number of hydrogen-bond donors (Lipinski definition) is 2. The van der Waals surface area contributed by atoms with Crippen LogP contribution in [0.25, 0.3) is 11.4 Å². The van der Waals surface area contributed by atoms with Gasteiger partial charge in [-0.25, -0.2) is 4.98 Å². The van der Waals surface area contributed by atoms with Gasteiger partial charge in [-0.15, -0.1) is 0 Å². The number of anilines is 3. The molecule has 24 heavy (non-hydrogen) atoms. The smallest absolute Gasteiger partial charge is 0.232 e. The van der Waals surface area contributed by atoms with E-state index in [1.54, 1.807) is 6.07 Å². The first-order valence-electron chi connectivity index (χ1n) is 7.57. The second-order valence-electron chi connectivity index (χ2n) is 5.47. The van der Waals surface area contributed by atoms with E-state index in [-0.39, 0.29) is 6.04 Å². The van der Waals surface area contributed by atoms with Crippen molar-refractivity contribution in [2.45, 2.75) is 19.9 Å². The highest BCUT2D eigenvalue weighted by atomic mass is 19.1. The van der Waals surface area contributed by atoms with Gasteiger partial charge in [0, 0.05) is 11.6 Å². The van der Waals surface area contributed by atoms with E-state index in [4.69, 9.17) is 0 Å². The van der Waals surface area contributed by atoms with Gasteiger partial charge in [0.15, 0.2) is 5.82 Å². The van der Waals surface area contributed by atoms with E-state index < -0.39 is 5.95 Å². The van der Waals surface area contributed by atoms with Crippen LogP contribution in [0.15, 0.2) is 48.7 Å². The van der Waals surface area contributed by atoms with Crippen molar-refractivity contribution in [3.05, 3.63) is 54.6 Å². The van der Waals surface area contributed by atoms with Crippen LogP contribution >= 0.6 is 0 Å². The molecular formula is C17H17FN6. The molecule has 122 valence electrons. The standard InChI is InChI=1S/C17H17FN6/c1-11(2)20-16-22-15(12-6-4-3-5-7-12)23-17(24-16)21-13-8-9-14(18)19-10-13/h3-11H,1-2H3,(H2,20,21,22,23,24). The van der Waals surface area contributed by atoms with Crippen molar-refractivity contribution in [2.24, 2.45) is 0 Å². The number of rotatable bonds is 5. The Bertz CT molecular complexity index is 805. The van der Waals surface area contributed by atoms with Crippen LogP contribution < -0.4 is 10.6 Å². The van der Waals surface area contributed by atoms with Crippen LogP contribution in [0.4, 0.5) is 22.0 Å². The number of nitrogens with zero attached hydrogens (tertiary/aromatic N) is 4. The van der Waals surface area contributed by atoms with E-state index >= 15 is 0 Å². The summed E-state index contributed by atoms with van der Waals surface area (Å²) >= 11 is 0. The summed E-state index contributed by atoms with van der Waals surface area (Å²) in [6, 6.07) is 12.7. The Morgan fingerprint density at radius 3 is 2.33 bits per heavy atom. The largest absolute Gasteiger partial charge is 0.352 e. The van der Waals surface area contributed by atoms with Gasteiger partial charge >= 0.3 is 0 Å². The minimum Gasteiger partial charge on any atom is -0.352 e. The zero-order valence-corrected chi connectivity index (χ0v) is 13.4. The van der Waals surface area contributed by atoms with Crippen LogP contribution in [0.3, 0.4) is 0 Å². The molecule has 0 spiro atoms. The molecule has 0 bridgehead atoms. The molecule has 0 aliphatic carbocycles. The maximum Gasteiger partial charge on any atom is 0.232 e. The third kappa shape index (κ3) is 4.01. The van der Waals surface area contributed by atoms with Crippen molar-refractivity contribution in [2.75, 3.05) is 10.6 Å². The third-order valence-corrected chi connectivity index (χ3v) is 3.07. The molecule has 0 radical (unpaired) electrons. The Labute approximate surface area is 139 Å². The Balaban J connectivity index is 1.96. The van der Waals surface area contributed by atoms with Crippen LogP contribution in [0.1, 0.15) is 13.8 Å². The molecule has 0 saturated heterocycles. The fourth-order valence-electron chi connectivity index (χ4n) is 2.05. The first-order chi connectivity index (χ1) is 11.6. The highest BCUT2D eigenvalue weighted by molar-refractivity contribution is 5.60. The lowest BCUT2D eigenvalue weighted by Gasteiger charge is -2.12. The summed E-state index contributed by atoms with van der Waals surface area (Å²) in [5.41, 5.74) is 1.48. The monoisotopic (exact) mass is 324 g/mol.